The maximum absolute atomic E-state index is 5.65. The Morgan fingerprint density at radius 1 is 1.22 bits per heavy atom. The van der Waals surface area contributed by atoms with Crippen molar-refractivity contribution in [3.63, 3.8) is 0 Å². The summed E-state index contributed by atoms with van der Waals surface area (Å²) in [5.41, 5.74) is 3.83. The Kier molecular flexibility index (Phi) is 3.93. The highest BCUT2D eigenvalue weighted by molar-refractivity contribution is 7.10. The monoisotopic (exact) mass is 342 g/mol. The smallest absolute Gasteiger partial charge is 0.124 e. The second kappa shape index (κ2) is 6.07. The normalized spacial score (nSPS) is 20.3. The fourth-order valence-corrected chi connectivity index (χ4v) is 4.89. The molecule has 4 rings (SSSR count). The number of nitrogens with zero attached hydrogens (tertiary/aromatic N) is 1. The van der Waals surface area contributed by atoms with Gasteiger partial charge in [0.1, 0.15) is 10.8 Å². The van der Waals surface area contributed by atoms with Gasteiger partial charge in [-0.15, -0.1) is 22.7 Å². The number of benzene rings is 1. The lowest BCUT2D eigenvalue weighted by molar-refractivity contribution is 0.393. The second-order valence-corrected chi connectivity index (χ2v) is 7.66. The zero-order chi connectivity index (χ0) is 15.8. The molecule has 0 saturated heterocycles. The molecule has 3 heterocycles. The molecule has 23 heavy (non-hydrogen) atoms. The average Bonchev–Trinajstić information content (AvgIpc) is 3.25. The number of aromatic nitrogens is 1. The van der Waals surface area contributed by atoms with E-state index in [9.17, 15) is 0 Å². The Bertz CT molecular complexity index is 810. The van der Waals surface area contributed by atoms with Crippen LogP contribution in [0.4, 0.5) is 0 Å². The lowest BCUT2D eigenvalue weighted by Gasteiger charge is -2.31. The van der Waals surface area contributed by atoms with Crippen molar-refractivity contribution in [3.05, 3.63) is 67.8 Å². The summed E-state index contributed by atoms with van der Waals surface area (Å²) in [5, 5.41) is 9.17. The zero-order valence-electron chi connectivity index (χ0n) is 13.1. The molecule has 2 aromatic heterocycles. The standard InChI is InChI=1S/C18H18N2OS2/c1-11-3-4-13(15(9-11)21-2)16-17-12(5-7-22-17)10-14(20-16)18-19-6-8-23-18/h3-9,14,16,20H,10H2,1-2H3/t14-,16-/m0/s1. The molecule has 0 fully saturated rings. The summed E-state index contributed by atoms with van der Waals surface area (Å²) in [6.07, 6.45) is 2.88. The van der Waals surface area contributed by atoms with Crippen LogP contribution in [0.5, 0.6) is 5.75 Å². The van der Waals surface area contributed by atoms with Gasteiger partial charge in [-0.05, 0) is 42.0 Å². The van der Waals surface area contributed by atoms with Crippen LogP contribution in [0.3, 0.4) is 0 Å². The first-order chi connectivity index (χ1) is 11.3. The summed E-state index contributed by atoms with van der Waals surface area (Å²) in [4.78, 5) is 5.90. The summed E-state index contributed by atoms with van der Waals surface area (Å²) in [6, 6.07) is 9.10. The van der Waals surface area contributed by atoms with Crippen molar-refractivity contribution in [3.8, 4) is 5.75 Å². The molecule has 1 N–H and O–H groups in total. The molecular formula is C18H18N2OS2. The number of thiazole rings is 1. The van der Waals surface area contributed by atoms with E-state index >= 15 is 0 Å². The Morgan fingerprint density at radius 2 is 2.13 bits per heavy atom. The Morgan fingerprint density at radius 3 is 2.91 bits per heavy atom. The first-order valence-corrected chi connectivity index (χ1v) is 9.38. The molecule has 2 atom stereocenters. The van der Waals surface area contributed by atoms with E-state index in [4.69, 9.17) is 4.74 Å². The molecule has 0 spiro atoms. The van der Waals surface area contributed by atoms with E-state index in [0.29, 0.717) is 0 Å². The molecule has 118 valence electrons. The van der Waals surface area contributed by atoms with E-state index in [1.165, 1.54) is 21.6 Å². The molecular weight excluding hydrogens is 324 g/mol. The third kappa shape index (κ3) is 2.69. The molecule has 3 nitrogen and oxygen atoms in total. The first kappa shape index (κ1) is 14.9. The van der Waals surface area contributed by atoms with Gasteiger partial charge in [-0.1, -0.05) is 12.1 Å². The lowest BCUT2D eigenvalue weighted by Crippen LogP contribution is -2.33. The SMILES string of the molecule is COc1cc(C)ccc1[C@@H]1N[C@H](c2nccs2)Cc2ccsc21. The molecule has 1 aromatic carbocycles. The third-order valence-electron chi connectivity index (χ3n) is 4.28. The summed E-state index contributed by atoms with van der Waals surface area (Å²) >= 11 is 3.53. The second-order valence-electron chi connectivity index (χ2n) is 5.78. The molecule has 5 heteroatoms. The van der Waals surface area contributed by atoms with E-state index in [0.717, 1.165) is 17.2 Å². The molecule has 3 aromatic rings. The predicted molar refractivity (Wildman–Crippen MR) is 95.6 cm³/mol. The van der Waals surface area contributed by atoms with Gasteiger partial charge in [0, 0.05) is 22.0 Å². The van der Waals surface area contributed by atoms with Crippen LogP contribution in [0.1, 0.15) is 38.7 Å². The Hall–Kier alpha value is -1.69. The number of aryl methyl sites for hydroxylation is 1. The Labute approximate surface area is 144 Å². The lowest BCUT2D eigenvalue weighted by atomic mass is 9.92. The van der Waals surface area contributed by atoms with Crippen LogP contribution in [0.15, 0.2) is 41.2 Å². The number of ether oxygens (including phenoxy) is 1. The van der Waals surface area contributed by atoms with E-state index in [1.807, 2.05) is 22.9 Å². The topological polar surface area (TPSA) is 34.1 Å². The van der Waals surface area contributed by atoms with Crippen molar-refractivity contribution in [2.24, 2.45) is 0 Å². The van der Waals surface area contributed by atoms with Crippen LogP contribution < -0.4 is 10.1 Å². The van der Waals surface area contributed by atoms with Crippen LogP contribution in [0.2, 0.25) is 0 Å². The number of thiophene rings is 1. The highest BCUT2D eigenvalue weighted by Crippen LogP contribution is 2.41. The minimum Gasteiger partial charge on any atom is -0.496 e. The van der Waals surface area contributed by atoms with Crippen molar-refractivity contribution in [2.75, 3.05) is 7.11 Å². The Balaban J connectivity index is 1.78. The number of fused-ring (bicyclic) bond motifs is 1. The van der Waals surface area contributed by atoms with E-state index in [1.54, 1.807) is 18.4 Å². The summed E-state index contributed by atoms with van der Waals surface area (Å²) in [7, 11) is 1.74. The van der Waals surface area contributed by atoms with E-state index in [2.05, 4.69) is 46.9 Å². The van der Waals surface area contributed by atoms with Crippen molar-refractivity contribution >= 4 is 22.7 Å². The van der Waals surface area contributed by atoms with E-state index < -0.39 is 0 Å². The minimum absolute atomic E-state index is 0.156. The molecule has 0 bridgehead atoms. The average molecular weight is 342 g/mol. The molecule has 0 unspecified atom stereocenters. The van der Waals surface area contributed by atoms with E-state index in [-0.39, 0.29) is 12.1 Å². The first-order valence-electron chi connectivity index (χ1n) is 7.62. The molecule has 0 saturated carbocycles. The van der Waals surface area contributed by atoms with Gasteiger partial charge in [0.05, 0.1) is 19.2 Å². The largest absolute Gasteiger partial charge is 0.496 e. The number of rotatable bonds is 3. The molecule has 1 aliphatic rings. The van der Waals surface area contributed by atoms with Crippen molar-refractivity contribution in [1.29, 1.82) is 0 Å². The van der Waals surface area contributed by atoms with Gasteiger partial charge in [0.2, 0.25) is 0 Å². The maximum atomic E-state index is 5.65. The van der Waals surface area contributed by atoms with Crippen LogP contribution in [0, 0.1) is 6.92 Å². The van der Waals surface area contributed by atoms with Crippen LogP contribution in [-0.4, -0.2) is 12.1 Å². The molecule has 0 radical (unpaired) electrons. The fourth-order valence-electron chi connectivity index (χ4n) is 3.18. The van der Waals surface area contributed by atoms with Gasteiger partial charge in [-0.25, -0.2) is 4.98 Å². The molecule has 0 aliphatic carbocycles. The highest BCUT2D eigenvalue weighted by Gasteiger charge is 2.31. The summed E-state index contributed by atoms with van der Waals surface area (Å²) in [5.74, 6) is 0.946. The van der Waals surface area contributed by atoms with Crippen molar-refractivity contribution in [1.82, 2.24) is 10.3 Å². The number of methoxy groups -OCH3 is 1. The minimum atomic E-state index is 0.156. The summed E-state index contributed by atoms with van der Waals surface area (Å²) < 4.78 is 5.65. The van der Waals surface area contributed by atoms with Crippen LogP contribution >= 0.6 is 22.7 Å². The summed E-state index contributed by atoms with van der Waals surface area (Å²) in [6.45, 7) is 2.09. The number of hydrogen-bond donors (Lipinski definition) is 1. The van der Waals surface area contributed by atoms with Gasteiger partial charge in [0.25, 0.3) is 0 Å². The van der Waals surface area contributed by atoms with Crippen LogP contribution in [-0.2, 0) is 6.42 Å². The van der Waals surface area contributed by atoms with Crippen molar-refractivity contribution in [2.45, 2.75) is 25.4 Å². The third-order valence-corrected chi connectivity index (χ3v) is 6.20. The number of hydrogen-bond acceptors (Lipinski definition) is 5. The quantitative estimate of drug-likeness (QED) is 0.761. The number of nitrogens with one attached hydrogen (secondary N) is 1. The van der Waals surface area contributed by atoms with Crippen LogP contribution in [0.25, 0.3) is 0 Å². The molecule has 1 aliphatic heterocycles. The highest BCUT2D eigenvalue weighted by atomic mass is 32.1. The van der Waals surface area contributed by atoms with Gasteiger partial charge in [-0.2, -0.15) is 0 Å². The van der Waals surface area contributed by atoms with Gasteiger partial charge >= 0.3 is 0 Å². The predicted octanol–water partition coefficient (Wildman–Crippen LogP) is 4.50. The van der Waals surface area contributed by atoms with Gasteiger partial charge in [0.15, 0.2) is 0 Å². The van der Waals surface area contributed by atoms with Gasteiger partial charge in [-0.3, -0.25) is 5.32 Å². The maximum Gasteiger partial charge on any atom is 0.124 e. The fraction of sp³-hybridized carbons (Fsp3) is 0.278. The van der Waals surface area contributed by atoms with Crippen molar-refractivity contribution < 1.29 is 4.74 Å². The molecule has 0 amide bonds. The van der Waals surface area contributed by atoms with Gasteiger partial charge < -0.3 is 4.74 Å². The zero-order valence-corrected chi connectivity index (χ0v) is 14.7.